The second kappa shape index (κ2) is 7.52. The van der Waals surface area contributed by atoms with Crippen LogP contribution in [-0.2, 0) is 17.8 Å². The van der Waals surface area contributed by atoms with Crippen molar-refractivity contribution in [1.29, 1.82) is 0 Å². The highest BCUT2D eigenvalue weighted by molar-refractivity contribution is 7.09. The van der Waals surface area contributed by atoms with Crippen molar-refractivity contribution in [1.82, 2.24) is 15.3 Å². The molecule has 1 N–H and O–H groups in total. The molecule has 130 valence electrons. The van der Waals surface area contributed by atoms with E-state index in [0.29, 0.717) is 12.4 Å². The van der Waals surface area contributed by atoms with Crippen molar-refractivity contribution in [3.8, 4) is 11.3 Å². The van der Waals surface area contributed by atoms with Gasteiger partial charge in [-0.25, -0.2) is 18.7 Å². The number of carbonyl (C=O) groups is 1. The first kappa shape index (κ1) is 17.2. The summed E-state index contributed by atoms with van der Waals surface area (Å²) in [5.41, 5.74) is 1.05. The Labute approximate surface area is 146 Å². The van der Waals surface area contributed by atoms with Crippen molar-refractivity contribution < 1.29 is 18.0 Å². The van der Waals surface area contributed by atoms with E-state index in [4.69, 9.17) is 4.42 Å². The number of nitrogens with one attached hydrogen (secondary N) is 1. The fourth-order valence-corrected chi connectivity index (χ4v) is 2.92. The summed E-state index contributed by atoms with van der Waals surface area (Å²) in [6, 6.07) is 3.22. The Morgan fingerprint density at radius 1 is 1.36 bits per heavy atom. The fourth-order valence-electron chi connectivity index (χ4n) is 2.21. The molecule has 1 amide bonds. The van der Waals surface area contributed by atoms with Crippen LogP contribution in [0.25, 0.3) is 11.3 Å². The van der Waals surface area contributed by atoms with E-state index in [1.54, 1.807) is 0 Å². The van der Waals surface area contributed by atoms with Crippen molar-refractivity contribution in [3.05, 3.63) is 58.0 Å². The Morgan fingerprint density at radius 3 is 2.92 bits per heavy atom. The second-order valence-corrected chi connectivity index (χ2v) is 6.34. The van der Waals surface area contributed by atoms with Crippen LogP contribution in [-0.4, -0.2) is 15.9 Å². The van der Waals surface area contributed by atoms with Crippen LogP contribution < -0.4 is 5.32 Å². The quantitative estimate of drug-likeness (QED) is 0.726. The molecule has 2 aromatic heterocycles. The Bertz CT molecular complexity index is 892. The van der Waals surface area contributed by atoms with Crippen molar-refractivity contribution >= 4 is 17.2 Å². The van der Waals surface area contributed by atoms with E-state index in [1.807, 2.05) is 12.3 Å². The van der Waals surface area contributed by atoms with Crippen LogP contribution >= 0.6 is 11.3 Å². The van der Waals surface area contributed by atoms with Crippen LogP contribution in [0.15, 0.2) is 34.2 Å². The van der Waals surface area contributed by atoms with Crippen LogP contribution in [0.2, 0.25) is 0 Å². The predicted octanol–water partition coefficient (Wildman–Crippen LogP) is 3.63. The molecular formula is C17H15F2N3O2S. The topological polar surface area (TPSA) is 68.0 Å². The molecule has 1 aromatic carbocycles. The number of thiazole rings is 1. The zero-order valence-electron chi connectivity index (χ0n) is 13.4. The van der Waals surface area contributed by atoms with Crippen LogP contribution in [0.5, 0.6) is 0 Å². The van der Waals surface area contributed by atoms with Gasteiger partial charge in [-0.15, -0.1) is 11.3 Å². The number of amides is 1. The number of hydrogen-bond acceptors (Lipinski definition) is 5. The van der Waals surface area contributed by atoms with E-state index in [0.717, 1.165) is 22.8 Å². The Morgan fingerprint density at radius 2 is 2.20 bits per heavy atom. The van der Waals surface area contributed by atoms with Gasteiger partial charge < -0.3 is 9.73 Å². The van der Waals surface area contributed by atoms with E-state index >= 15 is 0 Å². The summed E-state index contributed by atoms with van der Waals surface area (Å²) in [5, 5.41) is 5.54. The molecule has 0 aliphatic heterocycles. The van der Waals surface area contributed by atoms with E-state index in [1.165, 1.54) is 23.6 Å². The Balaban J connectivity index is 1.53. The lowest BCUT2D eigenvalue weighted by Crippen LogP contribution is -2.22. The molecule has 0 aliphatic carbocycles. The summed E-state index contributed by atoms with van der Waals surface area (Å²) in [6.07, 6.45) is 1.84. The molecule has 5 nitrogen and oxygen atoms in total. The van der Waals surface area contributed by atoms with Gasteiger partial charge >= 0.3 is 0 Å². The average Bonchev–Trinajstić information content (AvgIpc) is 3.20. The van der Waals surface area contributed by atoms with Crippen LogP contribution in [0, 0.1) is 18.6 Å². The van der Waals surface area contributed by atoms with E-state index in [-0.39, 0.29) is 30.1 Å². The maximum Gasteiger partial charge on any atom is 0.220 e. The number of benzene rings is 1. The van der Waals surface area contributed by atoms with Crippen LogP contribution in [0.1, 0.15) is 23.0 Å². The third-order valence-electron chi connectivity index (χ3n) is 3.42. The molecule has 0 unspecified atom stereocenters. The lowest BCUT2D eigenvalue weighted by Gasteiger charge is -2.01. The van der Waals surface area contributed by atoms with E-state index in [2.05, 4.69) is 15.3 Å². The van der Waals surface area contributed by atoms with Gasteiger partial charge in [-0.05, 0) is 19.1 Å². The molecule has 0 spiro atoms. The average molecular weight is 363 g/mol. The van der Waals surface area contributed by atoms with Gasteiger partial charge in [0.05, 0.1) is 18.3 Å². The predicted molar refractivity (Wildman–Crippen MR) is 88.9 cm³/mol. The van der Waals surface area contributed by atoms with Crippen molar-refractivity contribution in [3.63, 3.8) is 0 Å². The van der Waals surface area contributed by atoms with Gasteiger partial charge in [0.1, 0.15) is 16.6 Å². The zero-order chi connectivity index (χ0) is 17.8. The van der Waals surface area contributed by atoms with Gasteiger partial charge in [0.2, 0.25) is 5.91 Å². The Hall–Kier alpha value is -2.61. The molecule has 3 aromatic rings. The molecule has 0 saturated carbocycles. The number of rotatable bonds is 6. The third kappa shape index (κ3) is 4.48. The number of carbonyl (C=O) groups excluding carboxylic acids is 1. The maximum atomic E-state index is 13.7. The summed E-state index contributed by atoms with van der Waals surface area (Å²) >= 11 is 1.49. The molecule has 0 radical (unpaired) electrons. The molecule has 0 saturated heterocycles. The molecule has 0 bridgehead atoms. The molecule has 8 heteroatoms. The largest absolute Gasteiger partial charge is 0.441 e. The molecule has 3 rings (SSSR count). The minimum Gasteiger partial charge on any atom is -0.441 e. The first-order valence-corrected chi connectivity index (χ1v) is 8.47. The minimum atomic E-state index is -0.723. The lowest BCUT2D eigenvalue weighted by atomic mass is 10.2. The fraction of sp³-hybridized carbons (Fsp3) is 0.235. The first-order chi connectivity index (χ1) is 12.0. The Kier molecular flexibility index (Phi) is 5.18. The standard InChI is InChI=1S/C17H15F2N3O2S/c1-10-9-25-17(22-10)8-20-15(23)4-5-16-21-7-14(24-16)12-3-2-11(18)6-13(12)19/h2-3,6-7,9H,4-5,8H2,1H3,(H,20,23). The SMILES string of the molecule is Cc1csc(CNC(=O)CCc2ncc(-c3ccc(F)cc3F)o2)n1. The van der Waals surface area contributed by atoms with Crippen LogP contribution in [0.3, 0.4) is 0 Å². The molecule has 0 atom stereocenters. The first-order valence-electron chi connectivity index (χ1n) is 7.59. The summed E-state index contributed by atoms with van der Waals surface area (Å²) in [6.45, 7) is 2.28. The molecule has 0 fully saturated rings. The molecular weight excluding hydrogens is 348 g/mol. The zero-order valence-corrected chi connectivity index (χ0v) is 14.2. The van der Waals surface area contributed by atoms with Crippen molar-refractivity contribution in [2.24, 2.45) is 0 Å². The maximum absolute atomic E-state index is 13.7. The second-order valence-electron chi connectivity index (χ2n) is 5.40. The molecule has 2 heterocycles. The highest BCUT2D eigenvalue weighted by atomic mass is 32.1. The van der Waals surface area contributed by atoms with Gasteiger partial charge in [0, 0.05) is 30.0 Å². The minimum absolute atomic E-state index is 0.128. The van der Waals surface area contributed by atoms with E-state index in [9.17, 15) is 13.6 Å². The number of aromatic nitrogens is 2. The smallest absolute Gasteiger partial charge is 0.220 e. The summed E-state index contributed by atoms with van der Waals surface area (Å²) < 4.78 is 32.1. The number of hydrogen-bond donors (Lipinski definition) is 1. The van der Waals surface area contributed by atoms with Crippen molar-refractivity contribution in [2.45, 2.75) is 26.3 Å². The van der Waals surface area contributed by atoms with Crippen molar-refractivity contribution in [2.75, 3.05) is 0 Å². The monoisotopic (exact) mass is 363 g/mol. The highest BCUT2D eigenvalue weighted by Gasteiger charge is 2.13. The van der Waals surface area contributed by atoms with Gasteiger partial charge in [0.15, 0.2) is 11.7 Å². The summed E-state index contributed by atoms with van der Waals surface area (Å²) in [4.78, 5) is 20.2. The lowest BCUT2D eigenvalue weighted by molar-refractivity contribution is -0.121. The van der Waals surface area contributed by atoms with E-state index < -0.39 is 11.6 Å². The van der Waals surface area contributed by atoms with Gasteiger partial charge in [-0.3, -0.25) is 4.79 Å². The normalized spacial score (nSPS) is 10.8. The summed E-state index contributed by atoms with van der Waals surface area (Å²) in [5.74, 6) is -1.02. The third-order valence-corrected chi connectivity index (χ3v) is 4.39. The van der Waals surface area contributed by atoms with Gasteiger partial charge in [-0.1, -0.05) is 0 Å². The molecule has 25 heavy (non-hydrogen) atoms. The number of nitrogens with zero attached hydrogens (tertiary/aromatic N) is 2. The highest BCUT2D eigenvalue weighted by Crippen LogP contribution is 2.24. The molecule has 0 aliphatic rings. The number of oxazole rings is 1. The van der Waals surface area contributed by atoms with Gasteiger partial charge in [0.25, 0.3) is 0 Å². The van der Waals surface area contributed by atoms with Crippen LogP contribution in [0.4, 0.5) is 8.78 Å². The summed E-state index contributed by atoms with van der Waals surface area (Å²) in [7, 11) is 0. The number of halogens is 2. The number of aryl methyl sites for hydroxylation is 2. The van der Waals surface area contributed by atoms with Gasteiger partial charge in [-0.2, -0.15) is 0 Å².